The van der Waals surface area contributed by atoms with Crippen LogP contribution in [-0.4, -0.2) is 59.1 Å². The van der Waals surface area contributed by atoms with Gasteiger partial charge in [0.25, 0.3) is 0 Å². The minimum Gasteiger partial charge on any atom is -0.508 e. The Hall–Kier alpha value is -4.90. The number of phenolic OH excluding ortho intramolecular Hbond substituents is 1. The number of aromatic hydroxyl groups is 1. The second-order valence-electron chi connectivity index (χ2n) is 10.2. The molecule has 11 nitrogen and oxygen atoms in total. The fourth-order valence-electron chi connectivity index (χ4n) is 5.45. The molecular weight excluding hydrogens is 542 g/mol. The summed E-state index contributed by atoms with van der Waals surface area (Å²) in [5.74, 6) is -1.70. The van der Waals surface area contributed by atoms with Gasteiger partial charge < -0.3 is 23.9 Å². The van der Waals surface area contributed by atoms with Crippen LogP contribution in [0.2, 0.25) is 0 Å². The van der Waals surface area contributed by atoms with Crippen molar-refractivity contribution in [2.24, 2.45) is 0 Å². The van der Waals surface area contributed by atoms with Crippen LogP contribution in [0, 0.1) is 10.1 Å². The van der Waals surface area contributed by atoms with E-state index >= 15 is 0 Å². The molecule has 218 valence electrons. The van der Waals surface area contributed by atoms with Crippen LogP contribution in [0.1, 0.15) is 46.9 Å². The number of benzene rings is 2. The molecule has 1 unspecified atom stereocenters. The van der Waals surface area contributed by atoms with Gasteiger partial charge in [-0.1, -0.05) is 30.3 Å². The van der Waals surface area contributed by atoms with E-state index in [9.17, 15) is 24.8 Å². The third-order valence-corrected chi connectivity index (χ3v) is 7.46. The van der Waals surface area contributed by atoms with Crippen molar-refractivity contribution < 1.29 is 33.5 Å². The molecule has 1 atom stereocenters. The molecule has 1 aromatic heterocycles. The monoisotopic (exact) mass is 573 g/mol. The highest BCUT2D eigenvalue weighted by atomic mass is 16.6. The van der Waals surface area contributed by atoms with Crippen LogP contribution >= 0.6 is 0 Å². The first-order valence-electron chi connectivity index (χ1n) is 13.5. The molecule has 1 saturated heterocycles. The van der Waals surface area contributed by atoms with Crippen molar-refractivity contribution in [2.75, 3.05) is 27.3 Å². The lowest BCUT2D eigenvalue weighted by Crippen LogP contribution is -2.29. The van der Waals surface area contributed by atoms with Crippen LogP contribution in [0.5, 0.6) is 5.75 Å². The Morgan fingerprint density at radius 3 is 2.31 bits per heavy atom. The Bertz CT molecular complexity index is 1550. The minimum atomic E-state index is -0.774. The summed E-state index contributed by atoms with van der Waals surface area (Å²) in [4.78, 5) is 40.8. The number of nitrogens with zero attached hydrogens (tertiary/aromatic N) is 3. The van der Waals surface area contributed by atoms with Crippen molar-refractivity contribution in [1.82, 2.24) is 9.80 Å². The predicted octanol–water partition coefficient (Wildman–Crippen LogP) is 4.71. The summed E-state index contributed by atoms with van der Waals surface area (Å²) in [6.45, 7) is 2.95. The number of nitro groups is 1. The topological polar surface area (TPSA) is 136 Å². The van der Waals surface area contributed by atoms with Gasteiger partial charge in [0.1, 0.15) is 16.4 Å². The van der Waals surface area contributed by atoms with Gasteiger partial charge in [0.15, 0.2) is 0 Å². The van der Waals surface area contributed by atoms with Crippen molar-refractivity contribution in [3.05, 3.63) is 110 Å². The summed E-state index contributed by atoms with van der Waals surface area (Å²) in [6.07, 6.45) is 5.39. The third-order valence-electron chi connectivity index (χ3n) is 7.46. The van der Waals surface area contributed by atoms with Gasteiger partial charge >= 0.3 is 17.8 Å². The Labute approximate surface area is 242 Å². The van der Waals surface area contributed by atoms with E-state index < -0.39 is 28.8 Å². The smallest absolute Gasteiger partial charge is 0.433 e. The Morgan fingerprint density at radius 1 is 0.976 bits per heavy atom. The van der Waals surface area contributed by atoms with Gasteiger partial charge in [-0.15, -0.1) is 0 Å². The molecule has 0 radical (unpaired) electrons. The highest BCUT2D eigenvalue weighted by molar-refractivity contribution is 6.10. The second kappa shape index (κ2) is 12.3. The largest absolute Gasteiger partial charge is 0.508 e. The zero-order valence-corrected chi connectivity index (χ0v) is 23.3. The lowest BCUT2D eigenvalue weighted by molar-refractivity contribution is -0.402. The van der Waals surface area contributed by atoms with Crippen molar-refractivity contribution in [3.8, 4) is 5.75 Å². The molecule has 3 heterocycles. The van der Waals surface area contributed by atoms with E-state index in [0.29, 0.717) is 11.1 Å². The quantitative estimate of drug-likeness (QED) is 0.229. The summed E-state index contributed by atoms with van der Waals surface area (Å²) in [5.41, 5.74) is 3.04. The van der Waals surface area contributed by atoms with Crippen molar-refractivity contribution in [2.45, 2.75) is 32.0 Å². The summed E-state index contributed by atoms with van der Waals surface area (Å²) in [6, 6.07) is 14.9. The molecule has 0 bridgehead atoms. The van der Waals surface area contributed by atoms with E-state index in [2.05, 4.69) is 4.90 Å². The van der Waals surface area contributed by atoms with E-state index in [4.69, 9.17) is 13.9 Å². The summed E-state index contributed by atoms with van der Waals surface area (Å²) < 4.78 is 15.5. The molecule has 11 heteroatoms. The van der Waals surface area contributed by atoms with Crippen LogP contribution in [0.25, 0.3) is 6.08 Å². The molecule has 2 aromatic carbocycles. The van der Waals surface area contributed by atoms with Gasteiger partial charge in [0.2, 0.25) is 0 Å². The zero-order valence-electron chi connectivity index (χ0n) is 23.3. The minimum absolute atomic E-state index is 0.00347. The van der Waals surface area contributed by atoms with Gasteiger partial charge in [-0.3, -0.25) is 15.0 Å². The number of fused-ring (bicyclic) bond motifs is 1. The van der Waals surface area contributed by atoms with E-state index in [1.165, 1.54) is 57.5 Å². The molecule has 0 spiro atoms. The number of rotatable bonds is 8. The summed E-state index contributed by atoms with van der Waals surface area (Å²) in [5, 5.41) is 21.9. The molecule has 42 heavy (non-hydrogen) atoms. The molecule has 0 aliphatic carbocycles. The SMILES string of the molecule is COC(=O)C1=Cc2ccc(O)cc2C(c2ccc(CN3CCCC3)cc2)N(Cc2ccc([N+](=O)[O-])o2)C=C1C(=O)OC. The normalized spacial score (nSPS) is 17.0. The molecule has 2 aliphatic heterocycles. The van der Waals surface area contributed by atoms with E-state index in [1.807, 2.05) is 24.3 Å². The number of hydrogen-bond donors (Lipinski definition) is 1. The number of furan rings is 1. The number of esters is 2. The first-order chi connectivity index (χ1) is 20.3. The lowest BCUT2D eigenvalue weighted by atomic mass is 9.88. The summed E-state index contributed by atoms with van der Waals surface area (Å²) >= 11 is 0. The Balaban J connectivity index is 1.68. The van der Waals surface area contributed by atoms with Crippen LogP contribution in [-0.2, 0) is 32.2 Å². The first-order valence-corrected chi connectivity index (χ1v) is 13.5. The number of phenols is 1. The molecule has 2 aliphatic rings. The van der Waals surface area contributed by atoms with E-state index in [1.54, 1.807) is 17.0 Å². The molecule has 1 fully saturated rings. The standard InChI is InChI=1S/C31H31N3O8/c1-40-30(36)26-15-22-9-10-23(35)16-25(22)29(21-7-5-20(6-8-21)17-32-13-3-4-14-32)33(19-27(26)31(37)41-2)18-24-11-12-28(42-24)34(38)39/h5-12,15-16,19,29,35H,3-4,13-14,17-18H2,1-2H3. The fourth-order valence-corrected chi connectivity index (χ4v) is 5.45. The van der Waals surface area contributed by atoms with Gasteiger partial charge in [0, 0.05) is 12.7 Å². The maximum atomic E-state index is 13.0. The number of carbonyl (C=O) groups is 2. The Morgan fingerprint density at radius 2 is 1.67 bits per heavy atom. The maximum absolute atomic E-state index is 13.0. The van der Waals surface area contributed by atoms with E-state index in [-0.39, 0.29) is 29.2 Å². The van der Waals surface area contributed by atoms with E-state index in [0.717, 1.165) is 30.8 Å². The number of methoxy groups -OCH3 is 2. The second-order valence-corrected chi connectivity index (χ2v) is 10.2. The van der Waals surface area contributed by atoms with Crippen LogP contribution in [0.15, 0.2) is 76.4 Å². The molecule has 5 rings (SSSR count). The van der Waals surface area contributed by atoms with Crippen LogP contribution in [0.3, 0.4) is 0 Å². The summed E-state index contributed by atoms with van der Waals surface area (Å²) in [7, 11) is 2.42. The zero-order chi connectivity index (χ0) is 29.8. The van der Waals surface area contributed by atoms with Crippen LogP contribution < -0.4 is 0 Å². The molecule has 3 aromatic rings. The van der Waals surface area contributed by atoms with Crippen molar-refractivity contribution in [3.63, 3.8) is 0 Å². The highest BCUT2D eigenvalue weighted by Crippen LogP contribution is 2.39. The van der Waals surface area contributed by atoms with Gasteiger partial charge in [-0.05, 0) is 72.5 Å². The molecular formula is C31H31N3O8. The fraction of sp³-hybridized carbons (Fsp3) is 0.290. The van der Waals surface area contributed by atoms with Crippen molar-refractivity contribution in [1.29, 1.82) is 0 Å². The number of likely N-dealkylation sites (tertiary alicyclic amines) is 1. The molecule has 0 amide bonds. The average Bonchev–Trinajstić information content (AvgIpc) is 3.67. The maximum Gasteiger partial charge on any atom is 0.433 e. The lowest BCUT2D eigenvalue weighted by Gasteiger charge is -2.34. The number of ether oxygens (including phenoxy) is 2. The Kier molecular flexibility index (Phi) is 8.39. The molecule has 1 N–H and O–H groups in total. The van der Waals surface area contributed by atoms with Crippen LogP contribution in [0.4, 0.5) is 5.88 Å². The number of carbonyl (C=O) groups excluding carboxylic acids is 2. The average molecular weight is 574 g/mol. The van der Waals surface area contributed by atoms with Gasteiger partial charge in [-0.2, -0.15) is 0 Å². The number of hydrogen-bond acceptors (Lipinski definition) is 10. The predicted molar refractivity (Wildman–Crippen MR) is 152 cm³/mol. The van der Waals surface area contributed by atoms with Gasteiger partial charge in [0.05, 0.1) is 44.0 Å². The van der Waals surface area contributed by atoms with Gasteiger partial charge in [-0.25, -0.2) is 9.59 Å². The first kappa shape index (κ1) is 28.6. The molecule has 0 saturated carbocycles. The third kappa shape index (κ3) is 6.06. The van der Waals surface area contributed by atoms with Crippen molar-refractivity contribution >= 4 is 23.9 Å². The highest BCUT2D eigenvalue weighted by Gasteiger charge is 2.32.